The average Bonchev–Trinajstić information content (AvgIpc) is 3.86. The van der Waals surface area contributed by atoms with Gasteiger partial charge in [0.1, 0.15) is 36.0 Å². The van der Waals surface area contributed by atoms with E-state index in [0.717, 1.165) is 26.5 Å². The number of aromatic hydroxyl groups is 1. The van der Waals surface area contributed by atoms with Crippen LogP contribution in [0.4, 0.5) is 0 Å². The summed E-state index contributed by atoms with van der Waals surface area (Å²) in [6.45, 7) is -0.603. The summed E-state index contributed by atoms with van der Waals surface area (Å²) in [5.41, 5.74) is 28.0. The molecule has 7 atom stereocenters. The number of nitroso groups, excluding NO2 is 1. The third-order valence-corrected chi connectivity index (χ3v) is 14.0. The fraction of sp³-hybridized carbons (Fsp3) is 0.478. The third-order valence-electron chi connectivity index (χ3n) is 11.6. The molecule has 2 heterocycles. The van der Waals surface area contributed by atoms with Gasteiger partial charge in [-0.2, -0.15) is 0 Å². The number of amides is 11. The topological polar surface area (TPSA) is 446 Å². The van der Waals surface area contributed by atoms with Gasteiger partial charge < -0.3 is 70.6 Å². The lowest BCUT2D eigenvalue weighted by molar-refractivity contribution is -0.492. The molecule has 0 radical (unpaired) electrons. The van der Waals surface area contributed by atoms with Crippen LogP contribution in [0, 0.1) is 4.91 Å². The standard InChI is InChI=1S/C46H62N14O13S2/c47-35(62)15-14-29-40(67)58-32(22-36(48)63)44(71)60(73)34(45(72)59-18-5-9-33(59)43(70)56-28(8-4-17-52-46(50)51)39(66)53-23-37(49)64)24-75-74-19-16-38(65)54-30(21-26-10-12-27(61)13-11-26)41(68)57-31(42(69)55-29)20-25-6-2-1-3-7-25/h1-3,6-7,10-13,28-34H,4-5,8-9,14-24H2,(H16-,47,48,49,50,51,52,53,54,55,56,57,58,61,62,63,64,65,66,67,68,69,70)/p+1/t28-,29+,30+,31+,32+,33+,34+/m1/s1. The van der Waals surface area contributed by atoms with E-state index in [4.69, 9.17) is 28.7 Å². The van der Waals surface area contributed by atoms with E-state index in [9.17, 15) is 62.8 Å². The molecule has 2 aromatic rings. The highest BCUT2D eigenvalue weighted by Crippen LogP contribution is 2.27. The maximum atomic E-state index is 14.6. The number of aliphatic imine (C=N–C) groups is 1. The van der Waals surface area contributed by atoms with Gasteiger partial charge in [-0.05, 0) is 55.4 Å². The number of rotatable bonds is 19. The predicted octanol–water partition coefficient (Wildman–Crippen LogP) is -4.15. The van der Waals surface area contributed by atoms with E-state index in [-0.39, 0.29) is 80.3 Å². The number of carbonyl (C=O) groups is 11. The zero-order valence-electron chi connectivity index (χ0n) is 40.7. The van der Waals surface area contributed by atoms with E-state index >= 15 is 0 Å². The van der Waals surface area contributed by atoms with Crippen LogP contribution in [0.5, 0.6) is 5.75 Å². The Morgan fingerprint density at radius 3 is 2.01 bits per heavy atom. The number of phenols is 1. The molecule has 2 aliphatic rings. The Morgan fingerprint density at radius 2 is 1.39 bits per heavy atom. The molecule has 0 unspecified atom stereocenters. The summed E-state index contributed by atoms with van der Waals surface area (Å²) < 4.78 is -0.262. The Kier molecular flexibility index (Phi) is 23.7. The number of primary amides is 3. The largest absolute Gasteiger partial charge is 0.508 e. The number of likely N-dealkylation sites (tertiary alicyclic amines) is 1. The van der Waals surface area contributed by atoms with E-state index < -0.39 is 139 Å². The van der Waals surface area contributed by atoms with Gasteiger partial charge in [-0.3, -0.25) is 52.9 Å². The molecule has 0 saturated carbocycles. The van der Waals surface area contributed by atoms with Crippen LogP contribution in [-0.4, -0.2) is 159 Å². The molecule has 0 spiro atoms. The van der Waals surface area contributed by atoms with Crippen LogP contribution in [0.25, 0.3) is 0 Å². The summed E-state index contributed by atoms with van der Waals surface area (Å²) in [6, 6.07) is 3.12. The fourth-order valence-corrected chi connectivity index (χ4v) is 10.0. The number of hydrogen-bond donors (Lipinski definition) is 12. The smallest absolute Gasteiger partial charge is 0.456 e. The predicted molar refractivity (Wildman–Crippen MR) is 273 cm³/mol. The van der Waals surface area contributed by atoms with Gasteiger partial charge in [0.15, 0.2) is 12.0 Å². The molecule has 11 amide bonds. The van der Waals surface area contributed by atoms with Gasteiger partial charge in [0.05, 0.1) is 23.5 Å². The summed E-state index contributed by atoms with van der Waals surface area (Å²) in [4.78, 5) is 167. The molecular formula is C46H63N14O13S2+. The van der Waals surface area contributed by atoms with Crippen molar-refractivity contribution in [3.05, 3.63) is 70.6 Å². The van der Waals surface area contributed by atoms with Crippen molar-refractivity contribution >= 4 is 92.5 Å². The first-order valence-corrected chi connectivity index (χ1v) is 26.2. The molecular weight excluding hydrogens is 1020 g/mol. The van der Waals surface area contributed by atoms with E-state index in [0.29, 0.717) is 11.1 Å². The van der Waals surface area contributed by atoms with Crippen molar-refractivity contribution in [1.29, 1.82) is 0 Å². The SMILES string of the molecule is NC(=O)CC[C@@H]1NC(=O)[C@H](Cc2ccccc2)NC(=O)[C@H](Cc2ccc(O)cc2)NC(=O)CCSSC[C@@H](C(=O)N2CCC[C@H]2C(=O)N[C@H](CCCN=C(N)N)C(=O)NCC(N)=O)[N+](=O)C(=O)[C@H](CC(N)=O)NC1=O. The summed E-state index contributed by atoms with van der Waals surface area (Å²) >= 11 is 0. The Labute approximate surface area is 438 Å². The lowest BCUT2D eigenvalue weighted by Crippen LogP contribution is -2.60. The van der Waals surface area contributed by atoms with Crippen LogP contribution in [-0.2, 0) is 65.6 Å². The molecule has 2 fully saturated rings. The average molecular weight is 1080 g/mol. The molecule has 2 aromatic carbocycles. The first kappa shape index (κ1) is 59.7. The Balaban J connectivity index is 1.72. The van der Waals surface area contributed by atoms with Crippen molar-refractivity contribution in [2.45, 2.75) is 107 Å². The molecule has 0 aromatic heterocycles. The number of nitrogens with zero attached hydrogens (tertiary/aromatic N) is 3. The Hall–Kier alpha value is -7.82. The van der Waals surface area contributed by atoms with Gasteiger partial charge in [0.25, 0.3) is 11.9 Å². The summed E-state index contributed by atoms with van der Waals surface area (Å²) in [6.07, 6.45) is -2.10. The summed E-state index contributed by atoms with van der Waals surface area (Å²) in [5, 5.41) is 24.8. The first-order chi connectivity index (χ1) is 35.6. The van der Waals surface area contributed by atoms with Crippen molar-refractivity contribution in [1.82, 2.24) is 36.8 Å². The van der Waals surface area contributed by atoms with Crippen LogP contribution in [0.2, 0.25) is 0 Å². The lowest BCUT2D eigenvalue weighted by Gasteiger charge is -2.27. The molecule has 406 valence electrons. The minimum atomic E-state index is -2.07. The van der Waals surface area contributed by atoms with E-state index in [1.165, 1.54) is 24.3 Å². The van der Waals surface area contributed by atoms with Crippen LogP contribution in [0.3, 0.4) is 0 Å². The molecule has 2 aliphatic heterocycles. The van der Waals surface area contributed by atoms with Gasteiger partial charge in [0.2, 0.25) is 53.2 Å². The quantitative estimate of drug-likeness (QED) is 0.0209. The minimum absolute atomic E-state index is 0.0149. The summed E-state index contributed by atoms with van der Waals surface area (Å²) in [7, 11) is 1.89. The second-order valence-electron chi connectivity index (χ2n) is 17.5. The second kappa shape index (κ2) is 29.8. The highest BCUT2D eigenvalue weighted by molar-refractivity contribution is 8.76. The number of nitrogens with one attached hydrogen (secondary N) is 6. The van der Waals surface area contributed by atoms with Crippen molar-refractivity contribution in [2.24, 2.45) is 33.7 Å². The van der Waals surface area contributed by atoms with E-state index in [1.54, 1.807) is 30.3 Å². The first-order valence-electron chi connectivity index (χ1n) is 23.7. The molecule has 75 heavy (non-hydrogen) atoms. The lowest BCUT2D eigenvalue weighted by atomic mass is 10.0. The van der Waals surface area contributed by atoms with Crippen molar-refractivity contribution in [2.75, 3.05) is 31.1 Å². The highest BCUT2D eigenvalue weighted by atomic mass is 33.1. The van der Waals surface area contributed by atoms with Crippen molar-refractivity contribution < 1.29 is 62.6 Å². The zero-order chi connectivity index (χ0) is 55.2. The Bertz CT molecular complexity index is 2460. The number of carbonyl (C=O) groups excluding carboxylic acids is 11. The maximum absolute atomic E-state index is 14.6. The number of hydrogen-bond acceptors (Lipinski definition) is 16. The normalized spacial score (nSPS) is 21.7. The number of nitrogens with two attached hydrogens (primary N) is 5. The van der Waals surface area contributed by atoms with Gasteiger partial charge in [-0.15, -0.1) is 0 Å². The second-order valence-corrected chi connectivity index (χ2v) is 20.1. The van der Waals surface area contributed by atoms with E-state index in [1.807, 2.05) is 0 Å². The highest BCUT2D eigenvalue weighted by Gasteiger charge is 2.49. The minimum Gasteiger partial charge on any atom is -0.508 e. The molecule has 4 rings (SSSR count). The van der Waals surface area contributed by atoms with Gasteiger partial charge >= 0.3 is 5.91 Å². The third kappa shape index (κ3) is 19.9. The van der Waals surface area contributed by atoms with Gasteiger partial charge in [-0.1, -0.05) is 64.1 Å². The monoisotopic (exact) mass is 1080 g/mol. The molecule has 29 heteroatoms. The van der Waals surface area contributed by atoms with Crippen molar-refractivity contribution in [3.8, 4) is 5.75 Å². The number of guanidine groups is 1. The zero-order valence-corrected chi connectivity index (χ0v) is 42.4. The molecule has 0 bridgehead atoms. The number of benzene rings is 2. The van der Waals surface area contributed by atoms with Crippen LogP contribution >= 0.6 is 21.6 Å². The van der Waals surface area contributed by atoms with Gasteiger partial charge in [0, 0.05) is 49.4 Å². The summed E-state index contributed by atoms with van der Waals surface area (Å²) in [5.74, 6) is -11.6. The van der Waals surface area contributed by atoms with Crippen molar-refractivity contribution in [3.63, 3.8) is 0 Å². The number of phenolic OH excluding ortho intramolecular Hbond substituents is 1. The van der Waals surface area contributed by atoms with Gasteiger partial charge in [-0.25, -0.2) is 4.79 Å². The molecule has 2 saturated heterocycles. The van der Waals surface area contributed by atoms with Crippen LogP contribution in [0.15, 0.2) is 59.6 Å². The maximum Gasteiger partial charge on any atom is 0.456 e. The fourth-order valence-electron chi connectivity index (χ4n) is 7.86. The van der Waals surface area contributed by atoms with Crippen LogP contribution in [0.1, 0.15) is 62.5 Å². The Morgan fingerprint density at radius 1 is 0.773 bits per heavy atom. The molecule has 0 aliphatic carbocycles. The molecule has 27 nitrogen and oxygen atoms in total. The van der Waals surface area contributed by atoms with E-state index in [2.05, 4.69) is 36.9 Å². The molecule has 17 N–H and O–H groups in total. The van der Waals surface area contributed by atoms with Crippen LogP contribution < -0.4 is 60.6 Å².